The van der Waals surface area contributed by atoms with Gasteiger partial charge in [-0.15, -0.1) is 10.2 Å². The fourth-order valence-corrected chi connectivity index (χ4v) is 1.08. The van der Waals surface area contributed by atoms with Crippen molar-refractivity contribution in [2.24, 2.45) is 5.41 Å². The highest BCUT2D eigenvalue weighted by Gasteiger charge is 2.31. The van der Waals surface area contributed by atoms with Crippen LogP contribution in [0.3, 0.4) is 0 Å². The average Bonchev–Trinajstić information content (AvgIpc) is 2.49. The Hall–Kier alpha value is -1.66. The van der Waals surface area contributed by atoms with Gasteiger partial charge >= 0.3 is 6.09 Å². The number of aromatic nitrogens is 4. The standard InChI is InChI=1S/C7H13N5O2/c1-7(2,3)4(8-6(13)14)5-9-11-12-10-5/h4,8H,1-3H3,(H,13,14)(H,9,10,11,12)/t4-/m1/s1. The summed E-state index contributed by atoms with van der Waals surface area (Å²) in [6.45, 7) is 5.68. The Morgan fingerprint density at radius 3 is 2.57 bits per heavy atom. The number of rotatable bonds is 2. The van der Waals surface area contributed by atoms with Crippen molar-refractivity contribution in [2.45, 2.75) is 26.8 Å². The van der Waals surface area contributed by atoms with Crippen molar-refractivity contribution in [3.05, 3.63) is 5.82 Å². The number of carbonyl (C=O) groups is 1. The van der Waals surface area contributed by atoms with E-state index < -0.39 is 12.1 Å². The summed E-state index contributed by atoms with van der Waals surface area (Å²) in [7, 11) is 0. The molecule has 1 atom stereocenters. The van der Waals surface area contributed by atoms with Gasteiger partial charge < -0.3 is 10.4 Å². The minimum absolute atomic E-state index is 0.303. The van der Waals surface area contributed by atoms with Crippen LogP contribution in [0.1, 0.15) is 32.6 Å². The third-order valence-corrected chi connectivity index (χ3v) is 1.75. The summed E-state index contributed by atoms with van der Waals surface area (Å²) in [5, 5.41) is 24.2. The van der Waals surface area contributed by atoms with Crippen molar-refractivity contribution in [2.75, 3.05) is 0 Å². The Morgan fingerprint density at radius 1 is 1.57 bits per heavy atom. The molecular weight excluding hydrogens is 186 g/mol. The summed E-state index contributed by atoms with van der Waals surface area (Å²) < 4.78 is 0. The second kappa shape index (κ2) is 3.60. The molecule has 0 radical (unpaired) electrons. The lowest BCUT2D eigenvalue weighted by molar-refractivity contribution is 0.173. The molecule has 14 heavy (non-hydrogen) atoms. The van der Waals surface area contributed by atoms with Gasteiger partial charge in [0.2, 0.25) is 0 Å². The van der Waals surface area contributed by atoms with Gasteiger partial charge in [0.1, 0.15) is 6.04 Å². The number of hydrogen-bond acceptors (Lipinski definition) is 4. The zero-order chi connectivity index (χ0) is 10.8. The molecule has 1 aromatic rings. The third kappa shape index (κ3) is 2.41. The van der Waals surface area contributed by atoms with Crippen LogP contribution >= 0.6 is 0 Å². The third-order valence-electron chi connectivity index (χ3n) is 1.75. The summed E-state index contributed by atoms with van der Waals surface area (Å²) in [5.74, 6) is 0.347. The Kier molecular flexibility index (Phi) is 2.68. The van der Waals surface area contributed by atoms with E-state index in [1.807, 2.05) is 20.8 Å². The molecule has 0 saturated carbocycles. The van der Waals surface area contributed by atoms with Crippen LogP contribution in [0.2, 0.25) is 0 Å². The number of aromatic amines is 1. The van der Waals surface area contributed by atoms with Crippen molar-refractivity contribution in [3.8, 4) is 0 Å². The molecule has 1 rings (SSSR count). The molecular formula is C7H13N5O2. The zero-order valence-corrected chi connectivity index (χ0v) is 8.27. The van der Waals surface area contributed by atoms with E-state index in [-0.39, 0.29) is 5.41 Å². The second-order valence-electron chi connectivity index (χ2n) is 4.02. The first-order valence-corrected chi connectivity index (χ1v) is 4.14. The van der Waals surface area contributed by atoms with Crippen LogP contribution in [0.4, 0.5) is 4.79 Å². The minimum Gasteiger partial charge on any atom is -0.465 e. The molecule has 1 amide bonds. The molecule has 0 unspecified atom stereocenters. The Labute approximate surface area is 80.9 Å². The van der Waals surface area contributed by atoms with E-state index in [9.17, 15) is 4.79 Å². The maximum atomic E-state index is 10.6. The van der Waals surface area contributed by atoms with Crippen LogP contribution in [0.15, 0.2) is 0 Å². The Bertz CT molecular complexity index is 302. The molecule has 7 nitrogen and oxygen atoms in total. The number of nitrogens with zero attached hydrogens (tertiary/aromatic N) is 3. The van der Waals surface area contributed by atoms with Gasteiger partial charge in [-0.1, -0.05) is 26.0 Å². The molecule has 0 spiro atoms. The number of carboxylic acid groups (broad SMARTS) is 1. The Balaban J connectivity index is 2.89. The number of nitrogens with one attached hydrogen (secondary N) is 2. The minimum atomic E-state index is -1.10. The number of hydrogen-bond donors (Lipinski definition) is 3. The van der Waals surface area contributed by atoms with Crippen molar-refractivity contribution >= 4 is 6.09 Å². The van der Waals surface area contributed by atoms with Gasteiger partial charge in [0.25, 0.3) is 0 Å². The molecule has 0 aliphatic rings. The van der Waals surface area contributed by atoms with E-state index in [4.69, 9.17) is 5.11 Å². The zero-order valence-electron chi connectivity index (χ0n) is 8.27. The topological polar surface area (TPSA) is 104 Å². The van der Waals surface area contributed by atoms with Gasteiger partial charge in [0.05, 0.1) is 0 Å². The van der Waals surface area contributed by atoms with E-state index >= 15 is 0 Å². The van der Waals surface area contributed by atoms with Crippen molar-refractivity contribution in [3.63, 3.8) is 0 Å². The van der Waals surface area contributed by atoms with Crippen LogP contribution in [0.25, 0.3) is 0 Å². The van der Waals surface area contributed by atoms with Gasteiger partial charge in [-0.25, -0.2) is 4.79 Å². The SMILES string of the molecule is CC(C)(C)[C@H](NC(=O)O)c1nn[nH]n1. The smallest absolute Gasteiger partial charge is 0.405 e. The first kappa shape index (κ1) is 10.4. The normalized spacial score (nSPS) is 13.6. The quantitative estimate of drug-likeness (QED) is 0.645. The van der Waals surface area contributed by atoms with E-state index in [1.54, 1.807) is 0 Å². The van der Waals surface area contributed by atoms with E-state index in [0.717, 1.165) is 0 Å². The van der Waals surface area contributed by atoms with Crippen molar-refractivity contribution in [1.82, 2.24) is 25.9 Å². The fraction of sp³-hybridized carbons (Fsp3) is 0.714. The molecule has 0 bridgehead atoms. The van der Waals surface area contributed by atoms with Crippen molar-refractivity contribution in [1.29, 1.82) is 0 Å². The highest BCUT2D eigenvalue weighted by atomic mass is 16.4. The van der Waals surface area contributed by atoms with E-state index in [0.29, 0.717) is 5.82 Å². The van der Waals surface area contributed by atoms with Crippen LogP contribution in [0.5, 0.6) is 0 Å². The molecule has 78 valence electrons. The molecule has 1 aromatic heterocycles. The van der Waals surface area contributed by atoms with E-state index in [2.05, 4.69) is 25.9 Å². The first-order valence-electron chi connectivity index (χ1n) is 4.14. The summed E-state index contributed by atoms with van der Waals surface area (Å²) in [5.41, 5.74) is -0.303. The maximum Gasteiger partial charge on any atom is 0.405 e. The van der Waals surface area contributed by atoms with Gasteiger partial charge in [-0.05, 0) is 5.41 Å². The summed E-state index contributed by atoms with van der Waals surface area (Å²) in [6.07, 6.45) is -1.10. The number of H-pyrrole nitrogens is 1. The van der Waals surface area contributed by atoms with Gasteiger partial charge in [0, 0.05) is 0 Å². The predicted molar refractivity (Wildman–Crippen MR) is 47.5 cm³/mol. The lowest BCUT2D eigenvalue weighted by atomic mass is 9.86. The number of tetrazole rings is 1. The molecule has 0 aromatic carbocycles. The lowest BCUT2D eigenvalue weighted by Gasteiger charge is -2.27. The summed E-state index contributed by atoms with van der Waals surface area (Å²) in [6, 6.07) is -0.473. The molecule has 3 N–H and O–H groups in total. The van der Waals surface area contributed by atoms with Gasteiger partial charge in [-0.2, -0.15) is 5.21 Å². The van der Waals surface area contributed by atoms with Crippen LogP contribution in [-0.2, 0) is 0 Å². The van der Waals surface area contributed by atoms with Gasteiger partial charge in [0.15, 0.2) is 5.82 Å². The lowest BCUT2D eigenvalue weighted by Crippen LogP contribution is -2.36. The molecule has 0 aliphatic heterocycles. The summed E-state index contributed by atoms with van der Waals surface area (Å²) in [4.78, 5) is 10.6. The highest BCUT2D eigenvalue weighted by Crippen LogP contribution is 2.29. The number of amides is 1. The second-order valence-corrected chi connectivity index (χ2v) is 4.02. The van der Waals surface area contributed by atoms with Crippen LogP contribution < -0.4 is 5.32 Å². The van der Waals surface area contributed by atoms with Crippen molar-refractivity contribution < 1.29 is 9.90 Å². The Morgan fingerprint density at radius 2 is 2.21 bits per heavy atom. The molecule has 7 heteroatoms. The van der Waals surface area contributed by atoms with Crippen LogP contribution in [0, 0.1) is 5.41 Å². The average molecular weight is 199 g/mol. The largest absolute Gasteiger partial charge is 0.465 e. The fourth-order valence-electron chi connectivity index (χ4n) is 1.08. The van der Waals surface area contributed by atoms with Gasteiger partial charge in [-0.3, -0.25) is 0 Å². The molecule has 1 heterocycles. The summed E-state index contributed by atoms with van der Waals surface area (Å²) >= 11 is 0. The molecule has 0 saturated heterocycles. The predicted octanol–water partition coefficient (Wildman–Crippen LogP) is 0.554. The molecule has 0 aliphatic carbocycles. The van der Waals surface area contributed by atoms with Crippen LogP contribution in [-0.4, -0.2) is 31.8 Å². The van der Waals surface area contributed by atoms with E-state index in [1.165, 1.54) is 0 Å². The maximum absolute atomic E-state index is 10.6. The monoisotopic (exact) mass is 199 g/mol. The molecule has 0 fully saturated rings. The highest BCUT2D eigenvalue weighted by molar-refractivity contribution is 5.65. The first-order chi connectivity index (χ1) is 6.41.